The van der Waals surface area contributed by atoms with E-state index in [1.807, 2.05) is 13.8 Å². The monoisotopic (exact) mass is 461 g/mol. The van der Waals surface area contributed by atoms with Crippen LogP contribution in [0.15, 0.2) is 76.5 Å². The molecule has 0 aliphatic rings. The van der Waals surface area contributed by atoms with Crippen LogP contribution in [0.4, 0.5) is 0 Å². The molecule has 3 rings (SSSR count). The molecule has 3 aromatic carbocycles. The number of phenols is 1. The number of rotatable bonds is 2. The van der Waals surface area contributed by atoms with E-state index in [4.69, 9.17) is 15.2 Å². The fraction of sp³-hybridized carbons (Fsp3) is 0.158. The van der Waals surface area contributed by atoms with Crippen molar-refractivity contribution < 1.29 is 26.5 Å². The largest absolute Gasteiger partial charge is 0.507 e. The second-order valence-electron chi connectivity index (χ2n) is 4.89. The Bertz CT molecular complexity index is 1100. The van der Waals surface area contributed by atoms with Crippen molar-refractivity contribution in [1.29, 1.82) is 0 Å². The minimum absolute atomic E-state index is 0.136. The van der Waals surface area contributed by atoms with Gasteiger partial charge in [-0.15, -0.1) is 0 Å². The molecule has 0 saturated carbocycles. The van der Waals surface area contributed by atoms with Crippen LogP contribution in [-0.4, -0.2) is 33.5 Å². The highest BCUT2D eigenvalue weighted by atomic mass is 35.7. The summed E-state index contributed by atoms with van der Waals surface area (Å²) in [5.74, 6) is -0.166. The van der Waals surface area contributed by atoms with Crippen LogP contribution < -0.4 is 5.73 Å². The normalized spacial score (nSPS) is 10.4. The standard InChI is InChI=1S/C10H8O4S.C6H5ClO2S.C2H6.CH5N/c11-10-6-8(15(12,13)14)5-7-3-1-2-4-9(7)10;7-10(8,9)6-4-2-1-3-5-6;2*1-2/h1-6,11H,(H,12,13,14);1-5H;1-2H3;2H2,1H3. The first-order valence-electron chi connectivity index (χ1n) is 8.36. The van der Waals surface area contributed by atoms with E-state index in [2.05, 4.69) is 5.73 Å². The summed E-state index contributed by atoms with van der Waals surface area (Å²) < 4.78 is 51.8. The first-order chi connectivity index (χ1) is 13.6. The molecule has 0 fully saturated rings. The lowest BCUT2D eigenvalue weighted by molar-refractivity contribution is 0.471. The summed E-state index contributed by atoms with van der Waals surface area (Å²) in [6, 6.07) is 17.0. The lowest BCUT2D eigenvalue weighted by Crippen LogP contribution is -1.97. The minimum Gasteiger partial charge on any atom is -0.507 e. The zero-order valence-corrected chi connectivity index (χ0v) is 18.5. The van der Waals surface area contributed by atoms with Crippen molar-refractivity contribution >= 4 is 40.6 Å². The van der Waals surface area contributed by atoms with Gasteiger partial charge in [-0.05, 0) is 30.6 Å². The molecule has 0 amide bonds. The van der Waals surface area contributed by atoms with Crippen LogP contribution in [0.1, 0.15) is 13.8 Å². The van der Waals surface area contributed by atoms with Crippen molar-refractivity contribution in [3.8, 4) is 5.75 Å². The fourth-order valence-electron chi connectivity index (χ4n) is 2.00. The van der Waals surface area contributed by atoms with Gasteiger partial charge in [-0.25, -0.2) is 8.42 Å². The Morgan fingerprint density at radius 3 is 1.72 bits per heavy atom. The van der Waals surface area contributed by atoms with Gasteiger partial charge in [-0.3, -0.25) is 4.55 Å². The molecule has 29 heavy (non-hydrogen) atoms. The van der Waals surface area contributed by atoms with Gasteiger partial charge in [0, 0.05) is 22.1 Å². The molecule has 0 saturated heterocycles. The maximum Gasteiger partial charge on any atom is 0.294 e. The summed E-state index contributed by atoms with van der Waals surface area (Å²) in [6.45, 7) is 4.00. The van der Waals surface area contributed by atoms with Gasteiger partial charge in [-0.2, -0.15) is 8.42 Å². The molecule has 0 heterocycles. The van der Waals surface area contributed by atoms with E-state index in [0.717, 1.165) is 6.07 Å². The molecule has 7 nitrogen and oxygen atoms in total. The third kappa shape index (κ3) is 8.80. The lowest BCUT2D eigenvalue weighted by Gasteiger charge is -2.03. The quantitative estimate of drug-likeness (QED) is 0.387. The molecular weight excluding hydrogens is 438 g/mol. The van der Waals surface area contributed by atoms with Crippen molar-refractivity contribution in [2.24, 2.45) is 5.73 Å². The average molecular weight is 462 g/mol. The van der Waals surface area contributed by atoms with Crippen molar-refractivity contribution in [2.75, 3.05) is 7.05 Å². The highest BCUT2D eigenvalue weighted by molar-refractivity contribution is 8.13. The highest BCUT2D eigenvalue weighted by Crippen LogP contribution is 2.28. The van der Waals surface area contributed by atoms with Crippen LogP contribution >= 0.6 is 10.7 Å². The molecule has 0 atom stereocenters. The minimum atomic E-state index is -4.28. The van der Waals surface area contributed by atoms with Gasteiger partial charge in [0.15, 0.2) is 0 Å². The maximum absolute atomic E-state index is 10.9. The highest BCUT2D eigenvalue weighted by Gasteiger charge is 2.12. The van der Waals surface area contributed by atoms with Crippen molar-refractivity contribution in [2.45, 2.75) is 23.6 Å². The zero-order chi connectivity index (χ0) is 22.7. The number of fused-ring (bicyclic) bond motifs is 1. The van der Waals surface area contributed by atoms with Gasteiger partial charge in [0.2, 0.25) is 0 Å². The van der Waals surface area contributed by atoms with Crippen LogP contribution in [0.2, 0.25) is 0 Å². The van der Waals surface area contributed by atoms with Crippen molar-refractivity contribution in [3.63, 3.8) is 0 Å². The van der Waals surface area contributed by atoms with E-state index >= 15 is 0 Å². The number of benzene rings is 3. The van der Waals surface area contributed by atoms with E-state index in [9.17, 15) is 21.9 Å². The van der Waals surface area contributed by atoms with Crippen molar-refractivity contribution in [3.05, 3.63) is 66.7 Å². The second-order valence-corrected chi connectivity index (χ2v) is 8.88. The van der Waals surface area contributed by atoms with E-state index in [-0.39, 0.29) is 15.5 Å². The van der Waals surface area contributed by atoms with Gasteiger partial charge < -0.3 is 10.8 Å². The zero-order valence-electron chi connectivity index (χ0n) is 16.2. The summed E-state index contributed by atoms with van der Waals surface area (Å²) in [7, 11) is -1.28. The predicted octanol–water partition coefficient (Wildman–Crippen LogP) is 4.01. The topological polar surface area (TPSA) is 135 Å². The summed E-state index contributed by atoms with van der Waals surface area (Å²) in [6.07, 6.45) is 0. The maximum atomic E-state index is 10.9. The molecule has 0 spiro atoms. The van der Waals surface area contributed by atoms with Crippen LogP contribution in [0.5, 0.6) is 5.75 Å². The fourth-order valence-corrected chi connectivity index (χ4v) is 3.32. The molecule has 160 valence electrons. The molecule has 0 unspecified atom stereocenters. The van der Waals surface area contributed by atoms with E-state index in [1.54, 1.807) is 42.5 Å². The van der Waals surface area contributed by atoms with Crippen LogP contribution in [0.25, 0.3) is 10.8 Å². The number of halogens is 1. The first kappa shape index (κ1) is 26.8. The van der Waals surface area contributed by atoms with Crippen molar-refractivity contribution in [1.82, 2.24) is 0 Å². The number of nitrogens with two attached hydrogens (primary N) is 1. The molecule has 0 aromatic heterocycles. The van der Waals surface area contributed by atoms with Crippen LogP contribution in [0, 0.1) is 0 Å². The Morgan fingerprint density at radius 1 is 0.793 bits per heavy atom. The summed E-state index contributed by atoms with van der Waals surface area (Å²) >= 11 is 0. The molecule has 3 aromatic rings. The molecule has 10 heteroatoms. The van der Waals surface area contributed by atoms with Crippen LogP contribution in [-0.2, 0) is 19.2 Å². The number of hydrogen-bond acceptors (Lipinski definition) is 6. The number of hydrogen-bond donors (Lipinski definition) is 3. The molecule has 0 aliphatic carbocycles. The first-order valence-corrected chi connectivity index (χ1v) is 12.1. The van der Waals surface area contributed by atoms with Crippen LogP contribution in [0.3, 0.4) is 0 Å². The number of phenolic OH excluding ortho intramolecular Hbond substituents is 1. The summed E-state index contributed by atoms with van der Waals surface area (Å²) in [5, 5.41) is 10.6. The third-order valence-electron chi connectivity index (χ3n) is 3.14. The predicted molar refractivity (Wildman–Crippen MR) is 116 cm³/mol. The third-order valence-corrected chi connectivity index (χ3v) is 5.34. The number of aromatic hydroxyl groups is 1. The summed E-state index contributed by atoms with van der Waals surface area (Å²) in [4.78, 5) is -0.171. The Balaban J connectivity index is 0.000000488. The van der Waals surface area contributed by atoms with Gasteiger partial charge in [0.05, 0.1) is 9.79 Å². The lowest BCUT2D eigenvalue weighted by atomic mass is 10.1. The van der Waals surface area contributed by atoms with E-state index < -0.39 is 19.2 Å². The second kappa shape index (κ2) is 12.4. The smallest absolute Gasteiger partial charge is 0.294 e. The van der Waals surface area contributed by atoms with E-state index in [1.165, 1.54) is 25.2 Å². The van der Waals surface area contributed by atoms with Gasteiger partial charge >= 0.3 is 0 Å². The van der Waals surface area contributed by atoms with Gasteiger partial charge in [0.1, 0.15) is 5.75 Å². The van der Waals surface area contributed by atoms with Gasteiger partial charge in [0.25, 0.3) is 19.2 Å². The summed E-state index contributed by atoms with van der Waals surface area (Å²) in [5.41, 5.74) is 4.50. The Morgan fingerprint density at radius 2 is 1.28 bits per heavy atom. The molecular formula is C19H24ClNO6S2. The molecule has 0 aliphatic heterocycles. The van der Waals surface area contributed by atoms with E-state index in [0.29, 0.717) is 10.8 Å². The Hall–Kier alpha value is -2.17. The molecule has 0 radical (unpaired) electrons. The Kier molecular flexibility index (Phi) is 11.5. The average Bonchev–Trinajstić information content (AvgIpc) is 2.71. The van der Waals surface area contributed by atoms with Gasteiger partial charge in [-0.1, -0.05) is 56.3 Å². The molecule has 4 N–H and O–H groups in total. The SMILES string of the molecule is CC.CN.O=S(=O)(Cl)c1ccccc1.O=S(=O)(O)c1cc(O)c2ccccc2c1. The molecule has 0 bridgehead atoms. The Labute approximate surface area is 175 Å².